The zero-order valence-electron chi connectivity index (χ0n) is 34.0. The van der Waals surface area contributed by atoms with E-state index in [0.717, 1.165) is 22.7 Å². The summed E-state index contributed by atoms with van der Waals surface area (Å²) in [5, 5.41) is 9.98. The van der Waals surface area contributed by atoms with Gasteiger partial charge < -0.3 is 9.47 Å². The first-order valence-electron chi connectivity index (χ1n) is 21.3. The number of benzene rings is 11. The Balaban J connectivity index is 1.05. The molecule has 1 aromatic heterocycles. The van der Waals surface area contributed by atoms with E-state index in [0.29, 0.717) is 0 Å². The monoisotopic (exact) mass is 788 g/mol. The van der Waals surface area contributed by atoms with Crippen molar-refractivity contribution in [1.82, 2.24) is 4.57 Å². The second kappa shape index (κ2) is 14.8. The molecule has 62 heavy (non-hydrogen) atoms. The third-order valence-corrected chi connectivity index (χ3v) is 12.6. The van der Waals surface area contributed by atoms with Crippen molar-refractivity contribution in [3.05, 3.63) is 243 Å². The molecular formula is C60H40N2. The topological polar surface area (TPSA) is 8.17 Å². The van der Waals surface area contributed by atoms with Gasteiger partial charge in [0.05, 0.1) is 16.7 Å². The van der Waals surface area contributed by atoms with E-state index in [1.54, 1.807) is 0 Å². The van der Waals surface area contributed by atoms with Crippen molar-refractivity contribution in [2.24, 2.45) is 0 Å². The predicted molar refractivity (Wildman–Crippen MR) is 264 cm³/mol. The Morgan fingerprint density at radius 1 is 0.258 bits per heavy atom. The Labute approximate surface area is 360 Å². The molecule has 0 N–H and O–H groups in total. The van der Waals surface area contributed by atoms with Gasteiger partial charge in [-0.05, 0) is 121 Å². The van der Waals surface area contributed by atoms with E-state index in [9.17, 15) is 0 Å². The van der Waals surface area contributed by atoms with Crippen LogP contribution in [0.4, 0.5) is 17.1 Å². The summed E-state index contributed by atoms with van der Waals surface area (Å²) in [6.45, 7) is 0. The van der Waals surface area contributed by atoms with Crippen LogP contribution in [0, 0.1) is 0 Å². The van der Waals surface area contributed by atoms with Gasteiger partial charge in [-0.3, -0.25) is 0 Å². The molecule has 2 heteroatoms. The van der Waals surface area contributed by atoms with Gasteiger partial charge in [0.2, 0.25) is 0 Å². The number of rotatable bonds is 7. The quantitative estimate of drug-likeness (QED) is 0.146. The van der Waals surface area contributed by atoms with Crippen molar-refractivity contribution in [2.75, 3.05) is 4.90 Å². The lowest BCUT2D eigenvalue weighted by Gasteiger charge is -2.27. The number of anilines is 3. The number of nitrogens with zero attached hydrogens (tertiary/aromatic N) is 2. The molecular weight excluding hydrogens is 749 g/mol. The highest BCUT2D eigenvalue weighted by Crippen LogP contribution is 2.45. The summed E-state index contributed by atoms with van der Waals surface area (Å²) in [4.78, 5) is 2.41. The molecule has 0 radical (unpaired) electrons. The molecule has 0 amide bonds. The molecule has 0 spiro atoms. The van der Waals surface area contributed by atoms with Gasteiger partial charge in [-0.25, -0.2) is 0 Å². The third kappa shape index (κ3) is 5.96. The second-order valence-corrected chi connectivity index (χ2v) is 16.1. The van der Waals surface area contributed by atoms with Crippen molar-refractivity contribution in [1.29, 1.82) is 0 Å². The van der Waals surface area contributed by atoms with Gasteiger partial charge in [0.15, 0.2) is 0 Å². The summed E-state index contributed by atoms with van der Waals surface area (Å²) in [6, 6.07) is 88.6. The molecule has 0 atom stereocenters. The van der Waals surface area contributed by atoms with E-state index in [-0.39, 0.29) is 0 Å². The van der Waals surface area contributed by atoms with Crippen LogP contribution in [0.2, 0.25) is 0 Å². The first kappa shape index (κ1) is 35.7. The maximum Gasteiger partial charge on any atom is 0.0541 e. The molecule has 0 bridgehead atoms. The van der Waals surface area contributed by atoms with Gasteiger partial charge in [0.25, 0.3) is 0 Å². The SMILES string of the molecule is c1ccc(-c2cc(N(c3ccc(-c4cc5ccccc5c5ccccc45)cc3)c3ccc4ccccc4c3)ccc2-c2ccccc2-n2c3ccccc3c3ccccc32)cc1. The number of aromatic nitrogens is 1. The fraction of sp³-hybridized carbons (Fsp3) is 0. The van der Waals surface area contributed by atoms with Crippen LogP contribution in [-0.4, -0.2) is 4.57 Å². The van der Waals surface area contributed by atoms with Gasteiger partial charge in [-0.2, -0.15) is 0 Å². The molecule has 290 valence electrons. The Morgan fingerprint density at radius 2 is 0.790 bits per heavy atom. The van der Waals surface area contributed by atoms with Gasteiger partial charge in [-0.15, -0.1) is 0 Å². The van der Waals surface area contributed by atoms with Crippen molar-refractivity contribution >= 4 is 71.2 Å². The fourth-order valence-electron chi connectivity index (χ4n) is 9.69. The van der Waals surface area contributed by atoms with Crippen LogP contribution in [0.1, 0.15) is 0 Å². The van der Waals surface area contributed by atoms with Crippen LogP contribution in [0.3, 0.4) is 0 Å². The van der Waals surface area contributed by atoms with Crippen LogP contribution >= 0.6 is 0 Å². The third-order valence-electron chi connectivity index (χ3n) is 12.6. The number of hydrogen-bond donors (Lipinski definition) is 0. The average Bonchev–Trinajstić information content (AvgIpc) is 3.68. The van der Waals surface area contributed by atoms with Gasteiger partial charge in [-0.1, -0.05) is 182 Å². The van der Waals surface area contributed by atoms with Gasteiger partial charge in [0.1, 0.15) is 0 Å². The molecule has 0 aliphatic rings. The fourth-order valence-corrected chi connectivity index (χ4v) is 9.69. The minimum absolute atomic E-state index is 1.08. The number of para-hydroxylation sites is 3. The Morgan fingerprint density at radius 3 is 1.55 bits per heavy atom. The van der Waals surface area contributed by atoms with Crippen LogP contribution in [0.25, 0.3) is 93.2 Å². The lowest BCUT2D eigenvalue weighted by atomic mass is 9.92. The Bertz CT molecular complexity index is 3580. The summed E-state index contributed by atoms with van der Waals surface area (Å²) in [5.74, 6) is 0. The Hall–Kier alpha value is -8.20. The van der Waals surface area contributed by atoms with Gasteiger partial charge in [0, 0.05) is 33.4 Å². The van der Waals surface area contributed by atoms with E-state index in [2.05, 4.69) is 252 Å². The molecule has 1 heterocycles. The van der Waals surface area contributed by atoms with Crippen LogP contribution in [-0.2, 0) is 0 Å². The highest BCUT2D eigenvalue weighted by atomic mass is 15.1. The van der Waals surface area contributed by atoms with E-state index in [4.69, 9.17) is 0 Å². The van der Waals surface area contributed by atoms with Crippen molar-refractivity contribution < 1.29 is 0 Å². The molecule has 0 fully saturated rings. The van der Waals surface area contributed by atoms with Crippen molar-refractivity contribution in [3.63, 3.8) is 0 Å². The first-order valence-corrected chi connectivity index (χ1v) is 21.3. The zero-order chi connectivity index (χ0) is 41.0. The van der Waals surface area contributed by atoms with E-state index < -0.39 is 0 Å². The number of hydrogen-bond acceptors (Lipinski definition) is 1. The molecule has 0 aliphatic carbocycles. The molecule has 2 nitrogen and oxygen atoms in total. The summed E-state index contributed by atoms with van der Waals surface area (Å²) in [7, 11) is 0. The summed E-state index contributed by atoms with van der Waals surface area (Å²) >= 11 is 0. The first-order chi connectivity index (χ1) is 30.8. The van der Waals surface area contributed by atoms with Crippen LogP contribution < -0.4 is 4.90 Å². The molecule has 0 saturated carbocycles. The molecule has 12 rings (SSSR count). The Kier molecular flexibility index (Phi) is 8.53. The maximum absolute atomic E-state index is 2.43. The molecule has 0 saturated heterocycles. The van der Waals surface area contributed by atoms with Crippen molar-refractivity contribution in [3.8, 4) is 39.1 Å². The normalized spacial score (nSPS) is 11.5. The van der Waals surface area contributed by atoms with E-state index in [1.807, 2.05) is 0 Å². The van der Waals surface area contributed by atoms with E-state index in [1.165, 1.54) is 87.5 Å². The minimum atomic E-state index is 1.08. The zero-order valence-corrected chi connectivity index (χ0v) is 34.0. The van der Waals surface area contributed by atoms with Crippen molar-refractivity contribution in [2.45, 2.75) is 0 Å². The number of fused-ring (bicyclic) bond motifs is 7. The molecule has 12 aromatic rings. The smallest absolute Gasteiger partial charge is 0.0541 e. The maximum atomic E-state index is 2.43. The lowest BCUT2D eigenvalue weighted by Crippen LogP contribution is -2.10. The molecule has 0 unspecified atom stereocenters. The summed E-state index contributed by atoms with van der Waals surface area (Å²) in [5.41, 5.74) is 13.9. The molecule has 0 aliphatic heterocycles. The average molecular weight is 789 g/mol. The second-order valence-electron chi connectivity index (χ2n) is 16.1. The highest BCUT2D eigenvalue weighted by molar-refractivity contribution is 6.14. The highest BCUT2D eigenvalue weighted by Gasteiger charge is 2.21. The summed E-state index contributed by atoms with van der Waals surface area (Å²) < 4.78 is 2.43. The lowest BCUT2D eigenvalue weighted by molar-refractivity contribution is 1.18. The molecule has 11 aromatic carbocycles. The standard InChI is InChI=1S/C60H40N2/c1-2-17-42(18-3-1)57-40-48(36-37-52(57)53-24-10-13-27-58(53)62-59-28-14-11-25-54(59)55-26-12-15-29-60(55)62)61(47-35-30-41-16-4-5-19-44(41)38-47)46-33-31-43(32-34-46)56-39-45-20-6-7-21-49(45)50-22-8-9-23-51(50)56/h1-40H. The van der Waals surface area contributed by atoms with Gasteiger partial charge >= 0.3 is 0 Å². The predicted octanol–water partition coefficient (Wildman–Crippen LogP) is 16.7. The largest absolute Gasteiger partial charge is 0.310 e. The summed E-state index contributed by atoms with van der Waals surface area (Å²) in [6.07, 6.45) is 0. The van der Waals surface area contributed by atoms with Crippen LogP contribution in [0.15, 0.2) is 243 Å². The minimum Gasteiger partial charge on any atom is -0.310 e. The van der Waals surface area contributed by atoms with Crippen LogP contribution in [0.5, 0.6) is 0 Å². The van der Waals surface area contributed by atoms with E-state index >= 15 is 0 Å².